The van der Waals surface area contributed by atoms with Gasteiger partial charge in [-0.15, -0.1) is 12.4 Å². The monoisotopic (exact) mass is 314 g/mol. The molecular formula is C15H20Cl2N2O. The number of nitrogens with zero attached hydrogens (tertiary/aromatic N) is 1. The van der Waals surface area contributed by atoms with Crippen LogP contribution in [0.4, 0.5) is 0 Å². The van der Waals surface area contributed by atoms with Gasteiger partial charge in [0.1, 0.15) is 17.9 Å². The Hall–Kier alpha value is -0.950. The molecule has 0 aromatic heterocycles. The predicted molar refractivity (Wildman–Crippen MR) is 83.4 cm³/mol. The summed E-state index contributed by atoms with van der Waals surface area (Å²) in [6.07, 6.45) is 0.0269. The molecule has 0 radical (unpaired) electrons. The van der Waals surface area contributed by atoms with Gasteiger partial charge in [-0.1, -0.05) is 39.3 Å². The molecule has 1 aromatic rings. The molecule has 5 heteroatoms. The van der Waals surface area contributed by atoms with Crippen molar-refractivity contribution in [1.29, 1.82) is 5.26 Å². The standard InChI is InChI=1S/C15H19ClN2O.ClH/c1-14(2)12(18)15(3,4)13(14)19-10-6-5-9(8-17)11(16)7-10;/h5-7,12-13H,18H2,1-4H3;1H/t12-,13-;. The van der Waals surface area contributed by atoms with E-state index in [1.165, 1.54) is 0 Å². The molecule has 3 nitrogen and oxygen atoms in total. The van der Waals surface area contributed by atoms with Gasteiger partial charge in [0, 0.05) is 22.9 Å². The van der Waals surface area contributed by atoms with Crippen LogP contribution in [0.15, 0.2) is 18.2 Å². The summed E-state index contributed by atoms with van der Waals surface area (Å²) in [7, 11) is 0. The smallest absolute Gasteiger partial charge is 0.121 e. The fourth-order valence-corrected chi connectivity index (χ4v) is 3.46. The number of ether oxygens (including phenoxy) is 1. The van der Waals surface area contributed by atoms with Crippen molar-refractivity contribution in [3.05, 3.63) is 28.8 Å². The predicted octanol–water partition coefficient (Wildman–Crippen LogP) is 3.77. The molecule has 110 valence electrons. The lowest BCUT2D eigenvalue weighted by Crippen LogP contribution is -2.72. The van der Waals surface area contributed by atoms with Crippen LogP contribution in [0.5, 0.6) is 5.75 Å². The Morgan fingerprint density at radius 3 is 2.25 bits per heavy atom. The lowest BCUT2D eigenvalue weighted by atomic mass is 9.50. The highest BCUT2D eigenvalue weighted by atomic mass is 35.5. The zero-order valence-electron chi connectivity index (χ0n) is 12.1. The molecule has 0 heterocycles. The Kier molecular flexibility index (Phi) is 4.65. The summed E-state index contributed by atoms with van der Waals surface area (Å²) < 4.78 is 6.06. The molecule has 1 aromatic carbocycles. The summed E-state index contributed by atoms with van der Waals surface area (Å²) in [5.41, 5.74) is 6.50. The molecule has 2 rings (SSSR count). The summed E-state index contributed by atoms with van der Waals surface area (Å²) in [4.78, 5) is 0. The number of hydrogen-bond donors (Lipinski definition) is 1. The first-order valence-electron chi connectivity index (χ1n) is 6.33. The van der Waals surface area contributed by atoms with Gasteiger partial charge in [0.25, 0.3) is 0 Å². The molecule has 0 spiro atoms. The van der Waals surface area contributed by atoms with E-state index < -0.39 is 0 Å². The van der Waals surface area contributed by atoms with Crippen LogP contribution in [-0.4, -0.2) is 12.1 Å². The van der Waals surface area contributed by atoms with E-state index in [0.29, 0.717) is 16.3 Å². The maximum absolute atomic E-state index is 8.86. The van der Waals surface area contributed by atoms with E-state index >= 15 is 0 Å². The van der Waals surface area contributed by atoms with Gasteiger partial charge in [-0.2, -0.15) is 5.26 Å². The van der Waals surface area contributed by atoms with E-state index in [1.807, 2.05) is 6.07 Å². The van der Waals surface area contributed by atoms with Gasteiger partial charge in [0.05, 0.1) is 10.6 Å². The van der Waals surface area contributed by atoms with Crippen molar-refractivity contribution in [2.24, 2.45) is 16.6 Å². The van der Waals surface area contributed by atoms with Crippen LogP contribution in [0.1, 0.15) is 33.3 Å². The summed E-state index contributed by atoms with van der Waals surface area (Å²) >= 11 is 6.02. The van der Waals surface area contributed by atoms with Crippen LogP contribution in [0, 0.1) is 22.2 Å². The molecule has 1 aliphatic rings. The largest absolute Gasteiger partial charge is 0.489 e. The third kappa shape index (κ3) is 2.48. The van der Waals surface area contributed by atoms with Gasteiger partial charge >= 0.3 is 0 Å². The summed E-state index contributed by atoms with van der Waals surface area (Å²) in [6.45, 7) is 8.44. The average Bonchev–Trinajstić information content (AvgIpc) is 2.34. The fourth-order valence-electron chi connectivity index (χ4n) is 3.25. The van der Waals surface area contributed by atoms with Crippen LogP contribution in [-0.2, 0) is 0 Å². The Balaban J connectivity index is 0.00000200. The summed E-state index contributed by atoms with van der Waals surface area (Å²) in [5.74, 6) is 0.682. The Morgan fingerprint density at radius 2 is 1.80 bits per heavy atom. The van der Waals surface area contributed by atoms with Crippen molar-refractivity contribution in [2.45, 2.75) is 39.8 Å². The van der Waals surface area contributed by atoms with Crippen molar-refractivity contribution in [3.63, 3.8) is 0 Å². The molecule has 0 aliphatic heterocycles. The van der Waals surface area contributed by atoms with Crippen LogP contribution >= 0.6 is 24.0 Å². The lowest BCUT2D eigenvalue weighted by molar-refractivity contribution is -0.155. The second-order valence-electron chi connectivity index (χ2n) is 6.37. The van der Waals surface area contributed by atoms with Crippen molar-refractivity contribution < 1.29 is 4.74 Å². The topological polar surface area (TPSA) is 59.0 Å². The van der Waals surface area contributed by atoms with E-state index in [2.05, 4.69) is 27.7 Å². The van der Waals surface area contributed by atoms with Crippen LogP contribution in [0.25, 0.3) is 0 Å². The molecule has 20 heavy (non-hydrogen) atoms. The molecule has 1 saturated carbocycles. The third-order valence-corrected chi connectivity index (χ3v) is 4.58. The minimum absolute atomic E-state index is 0. The maximum Gasteiger partial charge on any atom is 0.121 e. The maximum atomic E-state index is 8.86. The van der Waals surface area contributed by atoms with Crippen molar-refractivity contribution >= 4 is 24.0 Å². The van der Waals surface area contributed by atoms with Crippen LogP contribution in [0.3, 0.4) is 0 Å². The van der Waals surface area contributed by atoms with Gasteiger partial charge in [-0.25, -0.2) is 0 Å². The third-order valence-electron chi connectivity index (χ3n) is 4.27. The lowest BCUT2D eigenvalue weighted by Gasteiger charge is -2.61. The summed E-state index contributed by atoms with van der Waals surface area (Å²) in [5, 5.41) is 9.27. The number of hydrogen-bond acceptors (Lipinski definition) is 3. The van der Waals surface area contributed by atoms with Gasteiger partial charge in [-0.05, 0) is 12.1 Å². The van der Waals surface area contributed by atoms with Crippen molar-refractivity contribution in [2.75, 3.05) is 0 Å². The number of halogens is 2. The molecule has 0 saturated heterocycles. The number of nitrogens with two attached hydrogens (primary N) is 1. The highest BCUT2D eigenvalue weighted by Gasteiger charge is 2.61. The normalized spacial score (nSPS) is 25.9. The van der Waals surface area contributed by atoms with Crippen molar-refractivity contribution in [3.8, 4) is 11.8 Å². The van der Waals surface area contributed by atoms with Crippen LogP contribution in [0.2, 0.25) is 5.02 Å². The fraction of sp³-hybridized carbons (Fsp3) is 0.533. The van der Waals surface area contributed by atoms with E-state index in [-0.39, 0.29) is 35.4 Å². The first kappa shape index (κ1) is 17.1. The molecule has 0 unspecified atom stereocenters. The molecule has 1 fully saturated rings. The average molecular weight is 315 g/mol. The Bertz CT molecular complexity index is 533. The number of rotatable bonds is 2. The highest BCUT2D eigenvalue weighted by Crippen LogP contribution is 2.54. The second kappa shape index (κ2) is 5.44. The summed E-state index contributed by atoms with van der Waals surface area (Å²) in [6, 6.07) is 7.28. The highest BCUT2D eigenvalue weighted by molar-refractivity contribution is 6.31. The minimum Gasteiger partial charge on any atom is -0.489 e. The first-order chi connectivity index (χ1) is 8.71. The molecule has 1 aliphatic carbocycles. The minimum atomic E-state index is -0.0795. The molecule has 0 bridgehead atoms. The molecule has 2 N–H and O–H groups in total. The van der Waals surface area contributed by atoms with E-state index in [1.54, 1.807) is 18.2 Å². The van der Waals surface area contributed by atoms with E-state index in [0.717, 1.165) is 0 Å². The SMILES string of the molecule is CC1(C)[C@H](N)C(C)(C)[C@H]1Oc1ccc(C#N)c(Cl)c1.Cl. The first-order valence-corrected chi connectivity index (χ1v) is 6.71. The molecule has 0 atom stereocenters. The zero-order chi connectivity index (χ0) is 14.4. The zero-order valence-corrected chi connectivity index (χ0v) is 13.7. The van der Waals surface area contributed by atoms with E-state index in [9.17, 15) is 0 Å². The van der Waals surface area contributed by atoms with Gasteiger partial charge < -0.3 is 10.5 Å². The van der Waals surface area contributed by atoms with Gasteiger partial charge in [0.15, 0.2) is 0 Å². The Labute approximate surface area is 131 Å². The van der Waals surface area contributed by atoms with Crippen molar-refractivity contribution in [1.82, 2.24) is 0 Å². The van der Waals surface area contributed by atoms with E-state index in [4.69, 9.17) is 27.3 Å². The van der Waals surface area contributed by atoms with Gasteiger partial charge in [0.2, 0.25) is 0 Å². The second-order valence-corrected chi connectivity index (χ2v) is 6.78. The van der Waals surface area contributed by atoms with Gasteiger partial charge in [-0.3, -0.25) is 0 Å². The van der Waals surface area contributed by atoms with Crippen LogP contribution < -0.4 is 10.5 Å². The molecular weight excluding hydrogens is 295 g/mol. The number of nitriles is 1. The quantitative estimate of drug-likeness (QED) is 0.903. The molecule has 0 amide bonds. The Morgan fingerprint density at radius 1 is 1.25 bits per heavy atom. The number of benzene rings is 1.